The van der Waals surface area contributed by atoms with Gasteiger partial charge in [-0.3, -0.25) is 4.79 Å². The Bertz CT molecular complexity index is 441. The van der Waals surface area contributed by atoms with Gasteiger partial charge in [-0.2, -0.15) is 0 Å². The van der Waals surface area contributed by atoms with Gasteiger partial charge in [0.1, 0.15) is 0 Å². The number of nitrogens with one attached hydrogen (secondary N) is 1. The van der Waals surface area contributed by atoms with Crippen molar-refractivity contribution in [3.8, 4) is 0 Å². The van der Waals surface area contributed by atoms with Gasteiger partial charge in [-0.1, -0.05) is 56.5 Å². The zero-order chi connectivity index (χ0) is 15.7. The monoisotopic (exact) mass is 290 g/mol. The van der Waals surface area contributed by atoms with Crippen molar-refractivity contribution in [2.75, 3.05) is 13.1 Å². The van der Waals surface area contributed by atoms with Gasteiger partial charge in [0.2, 0.25) is 5.91 Å². The molecule has 0 aliphatic rings. The number of hydrogen-bond donors (Lipinski definition) is 2. The van der Waals surface area contributed by atoms with Gasteiger partial charge < -0.3 is 11.1 Å². The Hall–Kier alpha value is -1.35. The van der Waals surface area contributed by atoms with E-state index in [1.807, 2.05) is 0 Å². The van der Waals surface area contributed by atoms with Crippen molar-refractivity contribution in [1.82, 2.24) is 5.32 Å². The molecule has 0 fully saturated rings. The minimum atomic E-state index is -0.0404. The molecule has 0 bridgehead atoms. The van der Waals surface area contributed by atoms with Crippen molar-refractivity contribution < 1.29 is 4.79 Å². The smallest absolute Gasteiger partial charge is 0.220 e. The minimum Gasteiger partial charge on any atom is -0.355 e. The lowest BCUT2D eigenvalue weighted by molar-refractivity contribution is -0.121. The summed E-state index contributed by atoms with van der Waals surface area (Å²) in [6.07, 6.45) is 4.84. The van der Waals surface area contributed by atoms with Crippen LogP contribution in [0.15, 0.2) is 24.3 Å². The molecule has 21 heavy (non-hydrogen) atoms. The maximum atomic E-state index is 11.9. The van der Waals surface area contributed by atoms with E-state index in [4.69, 9.17) is 5.73 Å². The summed E-state index contributed by atoms with van der Waals surface area (Å²) in [6, 6.07) is 8.50. The van der Waals surface area contributed by atoms with Crippen LogP contribution in [0.25, 0.3) is 0 Å². The summed E-state index contributed by atoms with van der Waals surface area (Å²) in [4.78, 5) is 11.9. The van der Waals surface area contributed by atoms with Gasteiger partial charge >= 0.3 is 0 Å². The lowest BCUT2D eigenvalue weighted by Gasteiger charge is -2.26. The molecule has 3 heteroatoms. The number of carbonyl (C=O) groups excluding carboxylic acids is 1. The number of benzene rings is 1. The van der Waals surface area contributed by atoms with Crippen molar-refractivity contribution in [2.45, 2.75) is 58.3 Å². The molecule has 0 saturated carbocycles. The van der Waals surface area contributed by atoms with Gasteiger partial charge in [0, 0.05) is 18.4 Å². The number of unbranched alkanes of at least 4 members (excludes halogenated alkanes) is 3. The third-order valence-electron chi connectivity index (χ3n) is 3.89. The fourth-order valence-electron chi connectivity index (χ4n) is 2.36. The SMILES string of the molecule is Cc1cccc(C(C)(C)CNC(=O)CCCCCCN)c1. The minimum absolute atomic E-state index is 0.0404. The molecule has 0 spiro atoms. The molecule has 1 aromatic rings. The first-order chi connectivity index (χ1) is 9.95. The Morgan fingerprint density at radius 1 is 1.19 bits per heavy atom. The van der Waals surface area contributed by atoms with E-state index in [0.717, 1.165) is 32.2 Å². The van der Waals surface area contributed by atoms with Crippen LogP contribution >= 0.6 is 0 Å². The average Bonchev–Trinajstić information content (AvgIpc) is 2.45. The molecule has 3 N–H and O–H groups in total. The van der Waals surface area contributed by atoms with Crippen molar-refractivity contribution in [1.29, 1.82) is 0 Å². The molecule has 0 aliphatic heterocycles. The zero-order valence-corrected chi connectivity index (χ0v) is 13.7. The maximum absolute atomic E-state index is 11.9. The number of hydrogen-bond acceptors (Lipinski definition) is 2. The van der Waals surface area contributed by atoms with Crippen molar-refractivity contribution >= 4 is 5.91 Å². The zero-order valence-electron chi connectivity index (χ0n) is 13.7. The Morgan fingerprint density at radius 2 is 1.90 bits per heavy atom. The fourth-order valence-corrected chi connectivity index (χ4v) is 2.36. The Kier molecular flexibility index (Phi) is 7.44. The Labute approximate surface area is 129 Å². The van der Waals surface area contributed by atoms with Gasteiger partial charge in [0.15, 0.2) is 0 Å². The molecule has 1 rings (SSSR count). The third-order valence-corrected chi connectivity index (χ3v) is 3.89. The van der Waals surface area contributed by atoms with Crippen LogP contribution in [-0.4, -0.2) is 19.0 Å². The summed E-state index contributed by atoms with van der Waals surface area (Å²) in [5.41, 5.74) is 7.94. The highest BCUT2D eigenvalue weighted by Gasteiger charge is 2.21. The van der Waals surface area contributed by atoms with Crippen LogP contribution in [0.4, 0.5) is 0 Å². The van der Waals surface area contributed by atoms with E-state index in [1.165, 1.54) is 11.1 Å². The Balaban J connectivity index is 2.34. The van der Waals surface area contributed by atoms with Gasteiger partial charge in [0.05, 0.1) is 0 Å². The number of carbonyl (C=O) groups is 1. The molecular weight excluding hydrogens is 260 g/mol. The lowest BCUT2D eigenvalue weighted by Crippen LogP contribution is -2.36. The summed E-state index contributed by atoms with van der Waals surface area (Å²) in [5.74, 6) is 0.156. The molecular formula is C18H30N2O. The molecule has 0 atom stereocenters. The third kappa shape index (κ3) is 6.76. The molecule has 0 radical (unpaired) electrons. The van der Waals surface area contributed by atoms with Crippen molar-refractivity contribution in [3.63, 3.8) is 0 Å². The lowest BCUT2D eigenvalue weighted by atomic mass is 9.84. The predicted molar refractivity (Wildman–Crippen MR) is 89.4 cm³/mol. The summed E-state index contributed by atoms with van der Waals surface area (Å²) in [6.45, 7) is 7.86. The molecule has 1 amide bonds. The van der Waals surface area contributed by atoms with Gasteiger partial charge in [-0.15, -0.1) is 0 Å². The van der Waals surface area contributed by atoms with Crippen LogP contribution in [0.2, 0.25) is 0 Å². The second kappa shape index (κ2) is 8.83. The van der Waals surface area contributed by atoms with Gasteiger partial charge in [0.25, 0.3) is 0 Å². The highest BCUT2D eigenvalue weighted by Crippen LogP contribution is 2.23. The van der Waals surface area contributed by atoms with Crippen LogP contribution in [0.5, 0.6) is 0 Å². The molecule has 0 aliphatic carbocycles. The fraction of sp³-hybridized carbons (Fsp3) is 0.611. The number of rotatable bonds is 9. The standard InChI is InChI=1S/C18H30N2O/c1-15-9-8-10-16(13-15)18(2,3)14-20-17(21)11-6-4-5-7-12-19/h8-10,13H,4-7,11-12,14,19H2,1-3H3,(H,20,21). The second-order valence-corrected chi connectivity index (χ2v) is 6.48. The quantitative estimate of drug-likeness (QED) is 0.686. The number of aryl methyl sites for hydroxylation is 1. The van der Waals surface area contributed by atoms with Crippen LogP contribution in [-0.2, 0) is 10.2 Å². The predicted octanol–water partition coefficient (Wildman–Crippen LogP) is 3.30. The first-order valence-corrected chi connectivity index (χ1v) is 7.99. The summed E-state index contributed by atoms with van der Waals surface area (Å²) >= 11 is 0. The van der Waals surface area contributed by atoms with Gasteiger partial charge in [-0.05, 0) is 31.9 Å². The molecule has 0 heterocycles. The summed E-state index contributed by atoms with van der Waals surface area (Å²) < 4.78 is 0. The van der Waals surface area contributed by atoms with E-state index in [2.05, 4.69) is 50.4 Å². The topological polar surface area (TPSA) is 55.1 Å². The maximum Gasteiger partial charge on any atom is 0.220 e. The molecule has 118 valence electrons. The second-order valence-electron chi connectivity index (χ2n) is 6.48. The molecule has 0 saturated heterocycles. The van der Waals surface area contributed by atoms with E-state index in [0.29, 0.717) is 13.0 Å². The van der Waals surface area contributed by atoms with Crippen LogP contribution in [0.1, 0.15) is 57.1 Å². The van der Waals surface area contributed by atoms with E-state index in [-0.39, 0.29) is 11.3 Å². The average molecular weight is 290 g/mol. The van der Waals surface area contributed by atoms with Crippen LogP contribution < -0.4 is 11.1 Å². The van der Waals surface area contributed by atoms with E-state index < -0.39 is 0 Å². The summed E-state index contributed by atoms with van der Waals surface area (Å²) in [7, 11) is 0. The molecule has 0 aromatic heterocycles. The van der Waals surface area contributed by atoms with Gasteiger partial charge in [-0.25, -0.2) is 0 Å². The normalized spacial score (nSPS) is 11.4. The molecule has 1 aromatic carbocycles. The van der Waals surface area contributed by atoms with Crippen LogP contribution in [0, 0.1) is 6.92 Å². The van der Waals surface area contributed by atoms with E-state index in [9.17, 15) is 4.79 Å². The van der Waals surface area contributed by atoms with E-state index in [1.54, 1.807) is 0 Å². The van der Waals surface area contributed by atoms with Crippen LogP contribution in [0.3, 0.4) is 0 Å². The highest BCUT2D eigenvalue weighted by atomic mass is 16.1. The first kappa shape index (κ1) is 17.7. The van der Waals surface area contributed by atoms with Crippen molar-refractivity contribution in [2.24, 2.45) is 5.73 Å². The summed E-state index contributed by atoms with van der Waals surface area (Å²) in [5, 5.41) is 3.07. The number of nitrogens with two attached hydrogens (primary N) is 1. The molecule has 3 nitrogen and oxygen atoms in total. The largest absolute Gasteiger partial charge is 0.355 e. The Morgan fingerprint density at radius 3 is 2.57 bits per heavy atom. The van der Waals surface area contributed by atoms with Crippen molar-refractivity contribution in [3.05, 3.63) is 35.4 Å². The first-order valence-electron chi connectivity index (χ1n) is 7.99. The van der Waals surface area contributed by atoms with E-state index >= 15 is 0 Å². The number of amides is 1. The highest BCUT2D eigenvalue weighted by molar-refractivity contribution is 5.75. The molecule has 0 unspecified atom stereocenters.